The summed E-state index contributed by atoms with van der Waals surface area (Å²) in [5, 5.41) is 12.8. The molecule has 0 saturated carbocycles. The third-order valence-electron chi connectivity index (χ3n) is 6.82. The maximum absolute atomic E-state index is 13.0. The number of carbonyl (C=O) groups is 1. The van der Waals surface area contributed by atoms with Crippen LogP contribution in [0.4, 0.5) is 11.5 Å². The molecule has 1 saturated heterocycles. The molecule has 0 atom stereocenters. The lowest BCUT2D eigenvalue weighted by molar-refractivity contribution is 0.102. The molecule has 5 rings (SSSR count). The molecule has 38 heavy (non-hydrogen) atoms. The Balaban J connectivity index is 1.19. The summed E-state index contributed by atoms with van der Waals surface area (Å²) in [6.45, 7) is 6.57. The number of nitrogens with one attached hydrogen (secondary N) is 1. The van der Waals surface area contributed by atoms with Crippen molar-refractivity contribution in [3.63, 3.8) is 0 Å². The minimum atomic E-state index is -0.191. The quantitative estimate of drug-likeness (QED) is 0.329. The Hall–Kier alpha value is -4.18. The van der Waals surface area contributed by atoms with Gasteiger partial charge in [-0.2, -0.15) is 5.26 Å². The third kappa shape index (κ3) is 6.03. The highest BCUT2D eigenvalue weighted by molar-refractivity contribution is 6.30. The lowest BCUT2D eigenvalue weighted by atomic mass is 9.97. The number of aryl methyl sites for hydroxylation is 1. The molecule has 0 unspecified atom stereocenters. The van der Waals surface area contributed by atoms with Crippen LogP contribution in [0.2, 0.25) is 5.02 Å². The van der Waals surface area contributed by atoms with Gasteiger partial charge >= 0.3 is 0 Å². The first-order valence-corrected chi connectivity index (χ1v) is 13.0. The Morgan fingerprint density at radius 1 is 1.00 bits per heavy atom. The van der Waals surface area contributed by atoms with Crippen LogP contribution in [0.5, 0.6) is 0 Å². The molecule has 4 aromatic rings. The lowest BCUT2D eigenvalue weighted by Crippen LogP contribution is -2.46. The van der Waals surface area contributed by atoms with Crippen LogP contribution in [0.1, 0.15) is 27.0 Å². The van der Waals surface area contributed by atoms with Crippen LogP contribution in [0, 0.1) is 18.3 Å². The second-order valence-corrected chi connectivity index (χ2v) is 9.91. The minimum absolute atomic E-state index is 0.191. The fourth-order valence-corrected chi connectivity index (χ4v) is 4.89. The Kier molecular flexibility index (Phi) is 7.69. The molecule has 1 amide bonds. The van der Waals surface area contributed by atoms with Gasteiger partial charge in [0.15, 0.2) is 0 Å². The molecule has 1 fully saturated rings. The molecule has 1 N–H and O–H groups in total. The van der Waals surface area contributed by atoms with Gasteiger partial charge in [-0.15, -0.1) is 0 Å². The summed E-state index contributed by atoms with van der Waals surface area (Å²) in [5.74, 6) is 0.716. The molecule has 1 aliphatic heterocycles. The van der Waals surface area contributed by atoms with Crippen molar-refractivity contribution in [3.05, 3.63) is 112 Å². The zero-order valence-corrected chi connectivity index (χ0v) is 21.9. The van der Waals surface area contributed by atoms with E-state index in [1.165, 1.54) is 5.56 Å². The van der Waals surface area contributed by atoms with Gasteiger partial charge in [0, 0.05) is 43.3 Å². The summed E-state index contributed by atoms with van der Waals surface area (Å²) in [7, 11) is 0. The first-order chi connectivity index (χ1) is 18.5. The highest BCUT2D eigenvalue weighted by atomic mass is 35.5. The maximum Gasteiger partial charge on any atom is 0.255 e. The summed E-state index contributed by atoms with van der Waals surface area (Å²) in [4.78, 5) is 22.3. The number of hydrogen-bond acceptors (Lipinski definition) is 5. The maximum atomic E-state index is 13.0. The summed E-state index contributed by atoms with van der Waals surface area (Å²) in [6.07, 6.45) is 1.71. The number of amides is 1. The number of anilines is 2. The fraction of sp³-hybridized carbons (Fsp3) is 0.194. The van der Waals surface area contributed by atoms with Crippen molar-refractivity contribution in [1.29, 1.82) is 5.26 Å². The monoisotopic (exact) mass is 521 g/mol. The molecular weight excluding hydrogens is 494 g/mol. The molecule has 7 heteroatoms. The van der Waals surface area contributed by atoms with Crippen molar-refractivity contribution in [2.45, 2.75) is 13.5 Å². The summed E-state index contributed by atoms with van der Waals surface area (Å²) in [6, 6.07) is 27.0. The van der Waals surface area contributed by atoms with Gasteiger partial charge in [0.25, 0.3) is 5.91 Å². The second-order valence-electron chi connectivity index (χ2n) is 9.47. The average Bonchev–Trinajstić information content (AvgIpc) is 2.94. The first kappa shape index (κ1) is 25.5. The van der Waals surface area contributed by atoms with E-state index in [-0.39, 0.29) is 5.91 Å². The number of pyridine rings is 1. The third-order valence-corrected chi connectivity index (χ3v) is 7.06. The number of hydrogen-bond donors (Lipinski definition) is 1. The van der Waals surface area contributed by atoms with Crippen molar-refractivity contribution in [2.24, 2.45) is 0 Å². The normalized spacial score (nSPS) is 13.7. The molecule has 0 aliphatic carbocycles. The molecule has 0 spiro atoms. The number of nitriles is 1. The van der Waals surface area contributed by atoms with Crippen LogP contribution in [-0.4, -0.2) is 42.0 Å². The van der Waals surface area contributed by atoms with Gasteiger partial charge in [0.2, 0.25) is 0 Å². The number of rotatable bonds is 6. The predicted molar refractivity (Wildman–Crippen MR) is 152 cm³/mol. The summed E-state index contributed by atoms with van der Waals surface area (Å²) >= 11 is 6.12. The van der Waals surface area contributed by atoms with Gasteiger partial charge in [-0.05, 0) is 77.7 Å². The molecule has 190 valence electrons. The van der Waals surface area contributed by atoms with Gasteiger partial charge in [-0.3, -0.25) is 9.69 Å². The number of nitrogens with zero attached hydrogens (tertiary/aromatic N) is 4. The van der Waals surface area contributed by atoms with Gasteiger partial charge < -0.3 is 10.2 Å². The Morgan fingerprint density at radius 2 is 1.79 bits per heavy atom. The number of aromatic nitrogens is 1. The standard InChI is InChI=1S/C31H28ClN5O/c1-22-5-8-26(18-29(22)25-9-6-23(19-33)7-10-25)31(38)35-28-11-12-30(34-20-28)37-15-13-36(14-16-37)21-24-3-2-4-27(32)17-24/h2-12,17-18,20H,13-16,21H2,1H3,(H,35,38). The highest BCUT2D eigenvalue weighted by Gasteiger charge is 2.18. The minimum Gasteiger partial charge on any atom is -0.354 e. The number of carbonyl (C=O) groups excluding carboxylic acids is 1. The van der Waals surface area contributed by atoms with E-state index in [1.54, 1.807) is 18.3 Å². The molecule has 0 radical (unpaired) electrons. The fourth-order valence-electron chi connectivity index (χ4n) is 4.68. The zero-order chi connectivity index (χ0) is 26.5. The van der Waals surface area contributed by atoms with Gasteiger partial charge in [-0.1, -0.05) is 41.9 Å². The van der Waals surface area contributed by atoms with Crippen LogP contribution in [0.15, 0.2) is 85.1 Å². The molecular formula is C31H28ClN5O. The van der Waals surface area contributed by atoms with E-state index >= 15 is 0 Å². The van der Waals surface area contributed by atoms with Gasteiger partial charge in [0.1, 0.15) is 5.82 Å². The van der Waals surface area contributed by atoms with Crippen LogP contribution < -0.4 is 10.2 Å². The molecule has 6 nitrogen and oxygen atoms in total. The number of benzene rings is 3. The van der Waals surface area contributed by atoms with Crippen molar-refractivity contribution >= 4 is 29.0 Å². The van der Waals surface area contributed by atoms with Gasteiger partial charge in [-0.25, -0.2) is 4.98 Å². The average molecular weight is 522 g/mol. The Labute approximate surface area is 228 Å². The number of halogens is 1. The van der Waals surface area contributed by atoms with Crippen molar-refractivity contribution < 1.29 is 4.79 Å². The number of piperazine rings is 1. The van der Waals surface area contributed by atoms with Crippen LogP contribution in [0.25, 0.3) is 11.1 Å². The molecule has 1 aromatic heterocycles. The summed E-state index contributed by atoms with van der Waals surface area (Å²) < 4.78 is 0. The molecule has 2 heterocycles. The predicted octanol–water partition coefficient (Wildman–Crippen LogP) is 6.16. The second kappa shape index (κ2) is 11.5. The van der Waals surface area contributed by atoms with Crippen LogP contribution in [0.3, 0.4) is 0 Å². The zero-order valence-electron chi connectivity index (χ0n) is 21.2. The molecule has 3 aromatic carbocycles. The SMILES string of the molecule is Cc1ccc(C(=O)Nc2ccc(N3CCN(Cc4cccc(Cl)c4)CC3)nc2)cc1-c1ccc(C#N)cc1. The Morgan fingerprint density at radius 3 is 2.47 bits per heavy atom. The largest absolute Gasteiger partial charge is 0.354 e. The van der Waals surface area contributed by atoms with Crippen LogP contribution in [-0.2, 0) is 6.54 Å². The van der Waals surface area contributed by atoms with E-state index in [9.17, 15) is 4.79 Å². The smallest absolute Gasteiger partial charge is 0.255 e. The van der Waals surface area contributed by atoms with E-state index in [0.717, 1.165) is 60.3 Å². The first-order valence-electron chi connectivity index (χ1n) is 12.6. The topological polar surface area (TPSA) is 72.3 Å². The Bertz CT molecular complexity index is 1470. The highest BCUT2D eigenvalue weighted by Crippen LogP contribution is 2.26. The van der Waals surface area contributed by atoms with E-state index in [4.69, 9.17) is 16.9 Å². The van der Waals surface area contributed by atoms with E-state index in [2.05, 4.69) is 32.2 Å². The van der Waals surface area contributed by atoms with E-state index in [1.807, 2.05) is 67.6 Å². The van der Waals surface area contributed by atoms with Crippen molar-refractivity contribution in [3.8, 4) is 17.2 Å². The summed E-state index contributed by atoms with van der Waals surface area (Å²) in [5.41, 5.74) is 6.04. The van der Waals surface area contributed by atoms with Crippen molar-refractivity contribution in [2.75, 3.05) is 36.4 Å². The van der Waals surface area contributed by atoms with Crippen molar-refractivity contribution in [1.82, 2.24) is 9.88 Å². The van der Waals surface area contributed by atoms with Crippen LogP contribution >= 0.6 is 11.6 Å². The lowest BCUT2D eigenvalue weighted by Gasteiger charge is -2.35. The molecule has 1 aliphatic rings. The van der Waals surface area contributed by atoms with E-state index < -0.39 is 0 Å². The van der Waals surface area contributed by atoms with E-state index in [0.29, 0.717) is 16.8 Å². The molecule has 0 bridgehead atoms. The van der Waals surface area contributed by atoms with Gasteiger partial charge in [0.05, 0.1) is 23.5 Å².